The van der Waals surface area contributed by atoms with Gasteiger partial charge in [-0.15, -0.1) is 0 Å². The van der Waals surface area contributed by atoms with Crippen LogP contribution < -0.4 is 15.1 Å². The van der Waals surface area contributed by atoms with E-state index < -0.39 is 0 Å². The average molecular weight is 368 g/mol. The third-order valence-corrected chi connectivity index (χ3v) is 4.83. The lowest BCUT2D eigenvalue weighted by molar-refractivity contribution is 0.102. The fourth-order valence-corrected chi connectivity index (χ4v) is 3.08. The molecule has 0 spiro atoms. The second-order valence-corrected chi connectivity index (χ2v) is 8.10. The molecule has 0 aromatic heterocycles. The predicted octanol–water partition coefficient (Wildman–Crippen LogP) is 5.32. The Morgan fingerprint density at radius 3 is 1.59 bits per heavy atom. The summed E-state index contributed by atoms with van der Waals surface area (Å²) >= 11 is 0. The van der Waals surface area contributed by atoms with E-state index in [9.17, 15) is 4.79 Å². The van der Waals surface area contributed by atoms with Crippen molar-refractivity contribution in [2.45, 2.75) is 39.5 Å². The Kier molecular flexibility index (Phi) is 6.53. The molecule has 0 heterocycles. The van der Waals surface area contributed by atoms with Gasteiger partial charge in [0.2, 0.25) is 0 Å². The van der Waals surface area contributed by atoms with Crippen molar-refractivity contribution in [2.75, 3.05) is 43.3 Å². The second kappa shape index (κ2) is 8.47. The highest BCUT2D eigenvalue weighted by molar-refractivity contribution is 6.05. The van der Waals surface area contributed by atoms with Crippen LogP contribution in [0.4, 0.5) is 17.1 Å². The Morgan fingerprint density at radius 1 is 0.778 bits per heavy atom. The van der Waals surface area contributed by atoms with Gasteiger partial charge in [-0.2, -0.15) is 0 Å². The molecule has 0 radical (unpaired) electrons. The maximum Gasteiger partial charge on any atom is 0.255 e. The zero-order valence-corrected chi connectivity index (χ0v) is 17.9. The van der Waals surface area contributed by atoms with Crippen LogP contribution in [0.1, 0.15) is 61.0 Å². The van der Waals surface area contributed by atoms with Crippen molar-refractivity contribution in [3.05, 3.63) is 53.1 Å². The largest absolute Gasteiger partial charge is 0.378 e. The summed E-state index contributed by atoms with van der Waals surface area (Å²) in [5.41, 5.74) is 6.20. The number of nitrogens with zero attached hydrogens (tertiary/aromatic N) is 2. The summed E-state index contributed by atoms with van der Waals surface area (Å²) in [5.74, 6) is 0.560. The van der Waals surface area contributed by atoms with Crippen molar-refractivity contribution in [1.29, 1.82) is 0 Å². The third kappa shape index (κ3) is 4.82. The van der Waals surface area contributed by atoms with E-state index in [-0.39, 0.29) is 5.91 Å². The van der Waals surface area contributed by atoms with Gasteiger partial charge in [0, 0.05) is 50.8 Å². The standard InChI is InChI=1S/C23H33N3O/c1-15(2)20-13-19(26(7)8)14-21(16(3)4)22(20)24-23(27)17-9-11-18(12-10-17)25(5)6/h9-16H,1-8H3,(H,24,27). The van der Waals surface area contributed by atoms with E-state index in [0.717, 1.165) is 17.1 Å². The molecule has 4 heteroatoms. The van der Waals surface area contributed by atoms with Crippen LogP contribution >= 0.6 is 0 Å². The van der Waals surface area contributed by atoms with Gasteiger partial charge in [-0.25, -0.2) is 0 Å². The van der Waals surface area contributed by atoms with Gasteiger partial charge in [-0.3, -0.25) is 4.79 Å². The van der Waals surface area contributed by atoms with E-state index in [4.69, 9.17) is 0 Å². The van der Waals surface area contributed by atoms with Crippen LogP contribution in [0.15, 0.2) is 36.4 Å². The monoisotopic (exact) mass is 367 g/mol. The highest BCUT2D eigenvalue weighted by Crippen LogP contribution is 2.36. The van der Waals surface area contributed by atoms with Crippen LogP contribution in [0.25, 0.3) is 0 Å². The first-order chi connectivity index (χ1) is 12.6. The van der Waals surface area contributed by atoms with Gasteiger partial charge in [-0.1, -0.05) is 27.7 Å². The number of carbonyl (C=O) groups is 1. The molecular weight excluding hydrogens is 334 g/mol. The van der Waals surface area contributed by atoms with Crippen LogP contribution in [0, 0.1) is 0 Å². The molecule has 0 atom stereocenters. The van der Waals surface area contributed by atoms with Crippen molar-refractivity contribution < 1.29 is 4.79 Å². The summed E-state index contributed by atoms with van der Waals surface area (Å²) in [7, 11) is 8.08. The normalized spacial score (nSPS) is 11.0. The number of hydrogen-bond acceptors (Lipinski definition) is 3. The molecule has 1 amide bonds. The topological polar surface area (TPSA) is 35.6 Å². The molecule has 0 bridgehead atoms. The lowest BCUT2D eigenvalue weighted by Gasteiger charge is -2.24. The Labute approximate surface area is 164 Å². The molecule has 0 saturated carbocycles. The number of anilines is 3. The fourth-order valence-electron chi connectivity index (χ4n) is 3.08. The zero-order valence-electron chi connectivity index (χ0n) is 17.9. The SMILES string of the molecule is CC(C)c1cc(N(C)C)cc(C(C)C)c1NC(=O)c1ccc(N(C)C)cc1. The molecule has 2 rings (SSSR count). The molecule has 0 fully saturated rings. The zero-order chi connectivity index (χ0) is 20.3. The quantitative estimate of drug-likeness (QED) is 0.751. The minimum atomic E-state index is -0.0679. The predicted molar refractivity (Wildman–Crippen MR) is 118 cm³/mol. The van der Waals surface area contributed by atoms with Gasteiger partial charge < -0.3 is 15.1 Å². The lowest BCUT2D eigenvalue weighted by Crippen LogP contribution is -2.18. The number of benzene rings is 2. The van der Waals surface area contributed by atoms with Gasteiger partial charge in [0.05, 0.1) is 0 Å². The van der Waals surface area contributed by atoms with E-state index in [0.29, 0.717) is 17.4 Å². The van der Waals surface area contributed by atoms with Crippen molar-refractivity contribution in [3.63, 3.8) is 0 Å². The van der Waals surface area contributed by atoms with Crippen LogP contribution in [0.3, 0.4) is 0 Å². The van der Waals surface area contributed by atoms with E-state index >= 15 is 0 Å². The molecule has 2 aromatic rings. The van der Waals surface area contributed by atoms with E-state index in [1.54, 1.807) is 0 Å². The Hall–Kier alpha value is -2.49. The Balaban J connectivity index is 2.45. The fraction of sp³-hybridized carbons (Fsp3) is 0.435. The van der Waals surface area contributed by atoms with Crippen LogP contribution in [0.2, 0.25) is 0 Å². The summed E-state index contributed by atoms with van der Waals surface area (Å²) in [6, 6.07) is 12.1. The van der Waals surface area contributed by atoms with E-state index in [1.165, 1.54) is 11.1 Å². The minimum absolute atomic E-state index is 0.0679. The minimum Gasteiger partial charge on any atom is -0.378 e. The average Bonchev–Trinajstić information content (AvgIpc) is 2.61. The van der Waals surface area contributed by atoms with Crippen molar-refractivity contribution in [2.24, 2.45) is 0 Å². The first kappa shape index (κ1) is 20.8. The number of amides is 1. The Morgan fingerprint density at radius 2 is 1.22 bits per heavy atom. The van der Waals surface area contributed by atoms with Crippen molar-refractivity contribution >= 4 is 23.0 Å². The molecule has 0 saturated heterocycles. The van der Waals surface area contributed by atoms with E-state index in [1.807, 2.05) is 57.4 Å². The molecule has 0 aliphatic rings. The van der Waals surface area contributed by atoms with Gasteiger partial charge in [0.25, 0.3) is 5.91 Å². The highest BCUT2D eigenvalue weighted by atomic mass is 16.1. The van der Waals surface area contributed by atoms with Gasteiger partial charge in [0.1, 0.15) is 0 Å². The summed E-state index contributed by atoms with van der Waals surface area (Å²) in [6.45, 7) is 8.67. The lowest BCUT2D eigenvalue weighted by atomic mass is 9.91. The van der Waals surface area contributed by atoms with Crippen LogP contribution in [-0.4, -0.2) is 34.1 Å². The van der Waals surface area contributed by atoms with Crippen LogP contribution in [-0.2, 0) is 0 Å². The van der Waals surface area contributed by atoms with Gasteiger partial charge >= 0.3 is 0 Å². The van der Waals surface area contributed by atoms with Crippen molar-refractivity contribution in [3.8, 4) is 0 Å². The van der Waals surface area contributed by atoms with Gasteiger partial charge in [0.15, 0.2) is 0 Å². The molecule has 0 unspecified atom stereocenters. The summed E-state index contributed by atoms with van der Waals surface area (Å²) in [5, 5.41) is 3.20. The molecule has 0 aliphatic carbocycles. The maximum atomic E-state index is 12.9. The molecule has 4 nitrogen and oxygen atoms in total. The van der Waals surface area contributed by atoms with Crippen LogP contribution in [0.5, 0.6) is 0 Å². The first-order valence-electron chi connectivity index (χ1n) is 9.55. The number of nitrogens with one attached hydrogen (secondary N) is 1. The second-order valence-electron chi connectivity index (χ2n) is 8.10. The number of hydrogen-bond donors (Lipinski definition) is 1. The number of rotatable bonds is 6. The molecular formula is C23H33N3O. The van der Waals surface area contributed by atoms with Gasteiger partial charge in [-0.05, 0) is 59.4 Å². The molecule has 27 heavy (non-hydrogen) atoms. The highest BCUT2D eigenvalue weighted by Gasteiger charge is 2.19. The molecule has 0 aliphatic heterocycles. The molecule has 146 valence electrons. The number of carbonyl (C=O) groups excluding carboxylic acids is 1. The molecule has 1 N–H and O–H groups in total. The summed E-state index contributed by atoms with van der Waals surface area (Å²) in [6.07, 6.45) is 0. The first-order valence-corrected chi connectivity index (χ1v) is 9.55. The summed E-state index contributed by atoms with van der Waals surface area (Å²) in [4.78, 5) is 17.1. The smallest absolute Gasteiger partial charge is 0.255 e. The maximum absolute atomic E-state index is 12.9. The molecule has 2 aromatic carbocycles. The van der Waals surface area contributed by atoms with Crippen molar-refractivity contribution in [1.82, 2.24) is 0 Å². The summed E-state index contributed by atoms with van der Waals surface area (Å²) < 4.78 is 0. The third-order valence-electron chi connectivity index (χ3n) is 4.83. The Bertz CT molecular complexity index is 761. The van der Waals surface area contributed by atoms with E-state index in [2.05, 4.69) is 50.0 Å².